The molecule has 0 bridgehead atoms. The Bertz CT molecular complexity index is 203. The van der Waals surface area contributed by atoms with Gasteiger partial charge in [0.1, 0.15) is 0 Å². The van der Waals surface area contributed by atoms with Gasteiger partial charge in [0, 0.05) is 7.92 Å². The summed E-state index contributed by atoms with van der Waals surface area (Å²) in [5.74, 6) is -0.0115. The first-order valence-corrected chi connectivity index (χ1v) is 6.83. The average molecular weight is 244 g/mol. The van der Waals surface area contributed by atoms with E-state index >= 15 is 0 Å². The van der Waals surface area contributed by atoms with Crippen molar-refractivity contribution in [3.63, 3.8) is 0 Å². The number of unbranched alkanes of at least 4 members (excludes halogenated alkanes) is 4. The predicted octanol–water partition coefficient (Wildman–Crippen LogP) is 1.40. The maximum absolute atomic E-state index is 11.4. The second kappa shape index (κ2) is 13.5. The molecule has 0 aromatic rings. The predicted molar refractivity (Wildman–Crippen MR) is 72.9 cm³/mol. The number of nitrogens with one attached hydrogen (secondary N) is 2. The van der Waals surface area contributed by atoms with E-state index in [0.29, 0.717) is 0 Å². The monoisotopic (exact) mass is 244 g/mol. The van der Waals surface area contributed by atoms with Crippen molar-refractivity contribution in [1.82, 2.24) is 10.6 Å². The molecule has 4 N–H and O–H groups in total. The SMILES string of the molecule is [2H][C@@H](CCCC)NCC(=O)NCCCCCCN. The van der Waals surface area contributed by atoms with Crippen molar-refractivity contribution in [1.29, 1.82) is 0 Å². The van der Waals surface area contributed by atoms with Crippen molar-refractivity contribution in [2.45, 2.75) is 51.9 Å². The Morgan fingerprint density at radius 3 is 2.65 bits per heavy atom. The van der Waals surface area contributed by atoms with E-state index in [0.717, 1.165) is 58.0 Å². The standard InChI is InChI=1S/C13H29N3O/c1-2-3-7-10-15-12-13(17)16-11-8-5-4-6-9-14/h15H,2-12,14H2,1H3,(H,16,17)/i10D/t10-/m0/s1. The van der Waals surface area contributed by atoms with Crippen LogP contribution in [0.15, 0.2) is 0 Å². The molecule has 0 saturated heterocycles. The molecular weight excluding hydrogens is 214 g/mol. The van der Waals surface area contributed by atoms with Gasteiger partial charge in [-0.3, -0.25) is 4.79 Å². The zero-order chi connectivity index (χ0) is 13.6. The third-order valence-corrected chi connectivity index (χ3v) is 2.56. The third kappa shape index (κ3) is 13.3. The summed E-state index contributed by atoms with van der Waals surface area (Å²) in [5, 5.41) is 5.77. The van der Waals surface area contributed by atoms with Gasteiger partial charge in [0.25, 0.3) is 0 Å². The Labute approximate surface area is 107 Å². The molecule has 102 valence electrons. The van der Waals surface area contributed by atoms with Crippen molar-refractivity contribution < 1.29 is 6.17 Å². The lowest BCUT2D eigenvalue weighted by Crippen LogP contribution is -2.34. The number of amides is 1. The molecule has 0 spiro atoms. The summed E-state index contributed by atoms with van der Waals surface area (Å²) in [4.78, 5) is 11.4. The Morgan fingerprint density at radius 1 is 1.18 bits per heavy atom. The van der Waals surface area contributed by atoms with Gasteiger partial charge >= 0.3 is 0 Å². The van der Waals surface area contributed by atoms with E-state index in [1.807, 2.05) is 0 Å². The summed E-state index contributed by atoms with van der Waals surface area (Å²) < 4.78 is 7.65. The molecule has 0 aliphatic rings. The molecule has 1 atom stereocenters. The molecule has 0 aliphatic carbocycles. The fraction of sp³-hybridized carbons (Fsp3) is 0.923. The Balaban J connectivity index is 3.31. The molecule has 0 saturated carbocycles. The molecule has 0 aromatic heterocycles. The first kappa shape index (κ1) is 14.5. The minimum Gasteiger partial charge on any atom is -0.355 e. The van der Waals surface area contributed by atoms with Crippen LogP contribution in [0.3, 0.4) is 0 Å². The Hall–Kier alpha value is -0.610. The fourth-order valence-corrected chi connectivity index (χ4v) is 1.49. The summed E-state index contributed by atoms with van der Waals surface area (Å²) >= 11 is 0. The van der Waals surface area contributed by atoms with Gasteiger partial charge in [0.2, 0.25) is 5.91 Å². The number of rotatable bonds is 12. The number of nitrogens with two attached hydrogens (primary N) is 1. The maximum atomic E-state index is 11.4. The van der Waals surface area contributed by atoms with E-state index in [1.165, 1.54) is 0 Å². The highest BCUT2D eigenvalue weighted by atomic mass is 16.1. The molecule has 0 heterocycles. The second-order valence-electron chi connectivity index (χ2n) is 4.28. The van der Waals surface area contributed by atoms with E-state index in [1.54, 1.807) is 0 Å². The summed E-state index contributed by atoms with van der Waals surface area (Å²) in [7, 11) is 0. The molecule has 0 rings (SSSR count). The lowest BCUT2D eigenvalue weighted by atomic mass is 10.2. The van der Waals surface area contributed by atoms with Crippen LogP contribution in [-0.4, -0.2) is 32.1 Å². The van der Waals surface area contributed by atoms with E-state index in [2.05, 4.69) is 17.6 Å². The van der Waals surface area contributed by atoms with Crippen molar-refractivity contribution in [2.75, 3.05) is 26.2 Å². The maximum Gasteiger partial charge on any atom is 0.233 e. The van der Waals surface area contributed by atoms with Gasteiger partial charge in [-0.05, 0) is 32.3 Å². The van der Waals surface area contributed by atoms with Gasteiger partial charge in [0.15, 0.2) is 0 Å². The van der Waals surface area contributed by atoms with Crippen LogP contribution >= 0.6 is 0 Å². The second-order valence-corrected chi connectivity index (χ2v) is 4.28. The van der Waals surface area contributed by atoms with Crippen LogP contribution in [-0.2, 0) is 4.79 Å². The summed E-state index contributed by atoms with van der Waals surface area (Å²) in [6.45, 7) is 3.51. The molecule has 4 heteroatoms. The molecule has 0 aliphatic heterocycles. The van der Waals surface area contributed by atoms with Gasteiger partial charge in [-0.25, -0.2) is 0 Å². The summed E-state index contributed by atoms with van der Waals surface area (Å²) in [5.41, 5.74) is 5.40. The van der Waals surface area contributed by atoms with E-state index in [9.17, 15) is 4.79 Å². The zero-order valence-corrected chi connectivity index (χ0v) is 11.1. The van der Waals surface area contributed by atoms with Crippen LogP contribution in [0.4, 0.5) is 0 Å². The molecular formula is C13H29N3O. The largest absolute Gasteiger partial charge is 0.355 e. The average Bonchev–Trinajstić information content (AvgIpc) is 2.38. The van der Waals surface area contributed by atoms with Crippen LogP contribution in [0.25, 0.3) is 0 Å². The van der Waals surface area contributed by atoms with E-state index in [4.69, 9.17) is 7.10 Å². The topological polar surface area (TPSA) is 67.2 Å². The molecule has 0 fully saturated rings. The van der Waals surface area contributed by atoms with Crippen molar-refractivity contribution in [2.24, 2.45) is 5.73 Å². The van der Waals surface area contributed by atoms with Crippen LogP contribution < -0.4 is 16.4 Å². The van der Waals surface area contributed by atoms with Crippen molar-refractivity contribution in [3.05, 3.63) is 0 Å². The minimum absolute atomic E-state index is 0.0115. The molecule has 0 unspecified atom stereocenters. The molecule has 1 amide bonds. The smallest absolute Gasteiger partial charge is 0.233 e. The molecule has 0 aromatic carbocycles. The van der Waals surface area contributed by atoms with Crippen LogP contribution in [0.2, 0.25) is 0 Å². The number of carbonyl (C=O) groups excluding carboxylic acids is 1. The fourth-order valence-electron chi connectivity index (χ4n) is 1.49. The summed E-state index contributed by atoms with van der Waals surface area (Å²) in [6.07, 6.45) is 7.25. The molecule has 4 nitrogen and oxygen atoms in total. The number of hydrogen-bond acceptors (Lipinski definition) is 3. The quantitative estimate of drug-likeness (QED) is 0.455. The molecule has 17 heavy (non-hydrogen) atoms. The van der Waals surface area contributed by atoms with Gasteiger partial charge < -0.3 is 16.4 Å². The number of carbonyl (C=O) groups is 1. The van der Waals surface area contributed by atoms with Crippen LogP contribution in [0.5, 0.6) is 0 Å². The highest BCUT2D eigenvalue weighted by Gasteiger charge is 1.98. The number of hydrogen-bond donors (Lipinski definition) is 3. The van der Waals surface area contributed by atoms with Gasteiger partial charge in [-0.2, -0.15) is 0 Å². The highest BCUT2D eigenvalue weighted by molar-refractivity contribution is 5.77. The van der Waals surface area contributed by atoms with Gasteiger partial charge in [0.05, 0.1) is 6.54 Å². The van der Waals surface area contributed by atoms with Gasteiger partial charge in [-0.15, -0.1) is 0 Å². The first-order chi connectivity index (χ1) is 8.70. The van der Waals surface area contributed by atoms with Crippen molar-refractivity contribution in [3.8, 4) is 0 Å². The third-order valence-electron chi connectivity index (χ3n) is 2.56. The van der Waals surface area contributed by atoms with E-state index in [-0.39, 0.29) is 19.0 Å². The highest BCUT2D eigenvalue weighted by Crippen LogP contribution is 1.96. The van der Waals surface area contributed by atoms with Crippen LogP contribution in [0, 0.1) is 0 Å². The molecule has 0 radical (unpaired) electrons. The summed E-state index contributed by atoms with van der Waals surface area (Å²) in [6, 6.07) is 0. The Morgan fingerprint density at radius 2 is 1.94 bits per heavy atom. The lowest BCUT2D eigenvalue weighted by molar-refractivity contribution is -0.120. The Kier molecular flexibility index (Phi) is 11.4. The van der Waals surface area contributed by atoms with Crippen LogP contribution in [0.1, 0.15) is 53.2 Å². The normalized spacial score (nSPS) is 13.2. The van der Waals surface area contributed by atoms with Gasteiger partial charge in [-0.1, -0.05) is 32.6 Å². The van der Waals surface area contributed by atoms with Crippen molar-refractivity contribution >= 4 is 5.91 Å². The lowest BCUT2D eigenvalue weighted by Gasteiger charge is -2.06. The zero-order valence-electron chi connectivity index (χ0n) is 12.1. The first-order valence-electron chi connectivity index (χ1n) is 7.40. The van der Waals surface area contributed by atoms with E-state index < -0.39 is 0 Å². The minimum atomic E-state index is -0.319.